The van der Waals surface area contributed by atoms with Crippen LogP contribution in [-0.2, 0) is 0 Å². The Kier molecular flexibility index (Phi) is 6.47. The molecule has 0 saturated heterocycles. The summed E-state index contributed by atoms with van der Waals surface area (Å²) in [6, 6.07) is 14.0. The Morgan fingerprint density at radius 3 is 2.63 bits per heavy atom. The van der Waals surface area contributed by atoms with Crippen molar-refractivity contribution in [1.82, 2.24) is 20.2 Å². The largest absolute Gasteiger partial charge is 0.494 e. The molecule has 1 saturated carbocycles. The van der Waals surface area contributed by atoms with Gasteiger partial charge in [-0.2, -0.15) is 4.68 Å². The predicted octanol–water partition coefficient (Wildman–Crippen LogP) is 5.00. The summed E-state index contributed by atoms with van der Waals surface area (Å²) in [5.74, 6) is 1.67. The molecule has 6 nitrogen and oxygen atoms in total. The van der Waals surface area contributed by atoms with Crippen molar-refractivity contribution >= 4 is 17.5 Å². The third kappa shape index (κ3) is 4.56. The van der Waals surface area contributed by atoms with Gasteiger partial charge in [0, 0.05) is 5.56 Å². The van der Waals surface area contributed by atoms with Crippen LogP contribution >= 0.6 is 11.8 Å². The van der Waals surface area contributed by atoms with E-state index in [4.69, 9.17) is 4.74 Å². The zero-order valence-electron chi connectivity index (χ0n) is 17.4. The number of benzene rings is 2. The van der Waals surface area contributed by atoms with Gasteiger partial charge in [-0.05, 0) is 59.4 Å². The number of nitrogens with zero attached hydrogens (tertiary/aromatic N) is 4. The first-order valence-electron chi connectivity index (χ1n) is 10.3. The Bertz CT molecular complexity index is 1010. The lowest BCUT2D eigenvalue weighted by Gasteiger charge is -2.22. The first-order chi connectivity index (χ1) is 14.7. The number of carbonyl (C=O) groups excluding carboxylic acids is 1. The van der Waals surface area contributed by atoms with E-state index in [2.05, 4.69) is 27.7 Å². The number of thioether (sulfide) groups is 1. The Labute approximate surface area is 181 Å². The number of ether oxygens (including phenoxy) is 1. The fourth-order valence-electron chi connectivity index (χ4n) is 3.98. The van der Waals surface area contributed by atoms with Gasteiger partial charge in [-0.3, -0.25) is 4.79 Å². The van der Waals surface area contributed by atoms with E-state index in [0.717, 1.165) is 16.8 Å². The molecule has 0 amide bonds. The topological polar surface area (TPSA) is 69.9 Å². The third-order valence-corrected chi connectivity index (χ3v) is 6.56. The summed E-state index contributed by atoms with van der Waals surface area (Å²) < 4.78 is 7.06. The summed E-state index contributed by atoms with van der Waals surface area (Å²) in [7, 11) is 1.62. The first kappa shape index (κ1) is 20.6. The van der Waals surface area contributed by atoms with Gasteiger partial charge >= 0.3 is 0 Å². The van der Waals surface area contributed by atoms with Crippen molar-refractivity contribution in [2.45, 2.75) is 50.1 Å². The summed E-state index contributed by atoms with van der Waals surface area (Å²) in [6.45, 7) is 2.00. The number of aryl methyl sites for hydroxylation is 1. The molecule has 4 rings (SSSR count). The highest BCUT2D eigenvalue weighted by atomic mass is 32.2. The maximum atomic E-state index is 12.7. The smallest absolute Gasteiger partial charge is 0.214 e. The molecule has 0 N–H and O–H groups in total. The molecule has 3 aromatic rings. The molecule has 156 valence electrons. The lowest BCUT2D eigenvalue weighted by molar-refractivity contribution is 0.102. The summed E-state index contributed by atoms with van der Waals surface area (Å²) in [4.78, 5) is 12.7. The highest BCUT2D eigenvalue weighted by Gasteiger charge is 2.18. The van der Waals surface area contributed by atoms with Crippen LogP contribution in [-0.4, -0.2) is 38.9 Å². The van der Waals surface area contributed by atoms with E-state index in [9.17, 15) is 4.79 Å². The molecule has 0 spiro atoms. The highest BCUT2D eigenvalue weighted by molar-refractivity contribution is 7.99. The van der Waals surface area contributed by atoms with Gasteiger partial charge in [0.15, 0.2) is 5.78 Å². The molecule has 1 aliphatic carbocycles. The molecular weight excluding hydrogens is 396 g/mol. The van der Waals surface area contributed by atoms with Crippen molar-refractivity contribution in [2.75, 3.05) is 12.9 Å². The predicted molar refractivity (Wildman–Crippen MR) is 118 cm³/mol. The summed E-state index contributed by atoms with van der Waals surface area (Å²) >= 11 is 1.33. The van der Waals surface area contributed by atoms with Gasteiger partial charge in [-0.1, -0.05) is 61.4 Å². The van der Waals surface area contributed by atoms with Crippen LogP contribution in [0.25, 0.3) is 5.69 Å². The zero-order valence-corrected chi connectivity index (χ0v) is 18.2. The minimum atomic E-state index is 0.0703. The van der Waals surface area contributed by atoms with Crippen molar-refractivity contribution in [3.05, 3.63) is 59.2 Å². The lowest BCUT2D eigenvalue weighted by Crippen LogP contribution is -2.07. The van der Waals surface area contributed by atoms with Gasteiger partial charge in [0.05, 0.1) is 12.9 Å². The third-order valence-electron chi connectivity index (χ3n) is 5.65. The van der Waals surface area contributed by atoms with Gasteiger partial charge in [0.2, 0.25) is 5.16 Å². The Morgan fingerprint density at radius 2 is 1.90 bits per heavy atom. The number of rotatable bonds is 7. The number of methoxy groups -OCH3 is 1. The molecule has 1 aromatic heterocycles. The monoisotopic (exact) mass is 422 g/mol. The molecule has 7 heteroatoms. The van der Waals surface area contributed by atoms with Crippen LogP contribution in [0.5, 0.6) is 5.75 Å². The van der Waals surface area contributed by atoms with Gasteiger partial charge < -0.3 is 4.74 Å². The zero-order chi connectivity index (χ0) is 20.9. The standard InChI is InChI=1S/C23H26N4O2S/c1-16-8-13-22(29-2)20(14-16)27-23(24-25-26-27)30-15-21(28)19-11-9-18(10-12-19)17-6-4-3-5-7-17/h8-14,17H,3-7,15H2,1-2H3. The van der Waals surface area contributed by atoms with Gasteiger partial charge in [-0.25, -0.2) is 0 Å². The SMILES string of the molecule is COc1ccc(C)cc1-n1nnnc1SCC(=O)c1ccc(C2CCCCC2)cc1. The minimum absolute atomic E-state index is 0.0703. The van der Waals surface area contributed by atoms with E-state index >= 15 is 0 Å². The summed E-state index contributed by atoms with van der Waals surface area (Å²) in [6.07, 6.45) is 6.48. The number of carbonyl (C=O) groups is 1. The average molecular weight is 423 g/mol. The van der Waals surface area contributed by atoms with E-state index in [1.54, 1.807) is 11.8 Å². The number of hydrogen-bond acceptors (Lipinski definition) is 6. The van der Waals surface area contributed by atoms with Crippen LogP contribution in [0.1, 0.15) is 59.5 Å². The number of aromatic nitrogens is 4. The van der Waals surface area contributed by atoms with Crippen molar-refractivity contribution in [3.63, 3.8) is 0 Å². The molecule has 0 bridgehead atoms. The molecule has 1 aliphatic rings. The van der Waals surface area contributed by atoms with Crippen LogP contribution in [0.15, 0.2) is 47.6 Å². The average Bonchev–Trinajstić information content (AvgIpc) is 3.26. The van der Waals surface area contributed by atoms with E-state index in [1.165, 1.54) is 49.4 Å². The maximum Gasteiger partial charge on any atom is 0.214 e. The number of hydrogen-bond donors (Lipinski definition) is 0. The quantitative estimate of drug-likeness (QED) is 0.394. The molecule has 2 aromatic carbocycles. The second-order valence-electron chi connectivity index (χ2n) is 7.72. The van der Waals surface area contributed by atoms with E-state index in [-0.39, 0.29) is 11.5 Å². The van der Waals surface area contributed by atoms with Gasteiger partial charge in [-0.15, -0.1) is 5.10 Å². The second-order valence-corrected chi connectivity index (χ2v) is 8.66. The van der Waals surface area contributed by atoms with Crippen LogP contribution in [0.3, 0.4) is 0 Å². The van der Waals surface area contributed by atoms with E-state index in [0.29, 0.717) is 16.8 Å². The Hall–Kier alpha value is -2.67. The van der Waals surface area contributed by atoms with Gasteiger partial charge in [0.1, 0.15) is 11.4 Å². The lowest BCUT2D eigenvalue weighted by atomic mass is 9.84. The Morgan fingerprint density at radius 1 is 1.13 bits per heavy atom. The van der Waals surface area contributed by atoms with Crippen molar-refractivity contribution in [1.29, 1.82) is 0 Å². The second kappa shape index (κ2) is 9.43. The van der Waals surface area contributed by atoms with Gasteiger partial charge in [0.25, 0.3) is 0 Å². The first-order valence-corrected chi connectivity index (χ1v) is 11.3. The van der Waals surface area contributed by atoms with E-state index < -0.39 is 0 Å². The van der Waals surface area contributed by atoms with Crippen molar-refractivity contribution in [3.8, 4) is 11.4 Å². The fourth-order valence-corrected chi connectivity index (χ4v) is 4.75. The van der Waals surface area contributed by atoms with Crippen molar-refractivity contribution in [2.24, 2.45) is 0 Å². The number of tetrazole rings is 1. The van der Waals surface area contributed by atoms with E-state index in [1.807, 2.05) is 37.3 Å². The molecule has 0 atom stereocenters. The normalized spacial score (nSPS) is 14.6. The summed E-state index contributed by atoms with van der Waals surface area (Å²) in [5.41, 5.74) is 3.92. The van der Waals surface area contributed by atoms with Crippen LogP contribution < -0.4 is 4.74 Å². The molecule has 0 unspecified atom stereocenters. The molecule has 30 heavy (non-hydrogen) atoms. The molecule has 1 heterocycles. The number of Topliss-reactive ketones (excluding diaryl/α,β-unsaturated/α-hetero) is 1. The molecular formula is C23H26N4O2S. The highest BCUT2D eigenvalue weighted by Crippen LogP contribution is 2.33. The van der Waals surface area contributed by atoms with Crippen LogP contribution in [0.2, 0.25) is 0 Å². The minimum Gasteiger partial charge on any atom is -0.494 e. The molecule has 0 aliphatic heterocycles. The molecule has 1 fully saturated rings. The van der Waals surface area contributed by atoms with Crippen molar-refractivity contribution < 1.29 is 9.53 Å². The number of ketones is 1. The summed E-state index contributed by atoms with van der Waals surface area (Å²) in [5, 5.41) is 12.5. The van der Waals surface area contributed by atoms with Crippen LogP contribution in [0.4, 0.5) is 0 Å². The Balaban J connectivity index is 1.44. The molecule has 0 radical (unpaired) electrons. The maximum absolute atomic E-state index is 12.7. The van der Waals surface area contributed by atoms with Crippen LogP contribution in [0, 0.1) is 6.92 Å². The fraction of sp³-hybridized carbons (Fsp3) is 0.391.